The number of rotatable bonds is 5. The SMILES string of the molecule is C#CCC(C)NC(C)c1cnn(-c2ccccc2)c1. The number of nitrogens with zero attached hydrogens (tertiary/aromatic N) is 2. The molecule has 1 heterocycles. The fourth-order valence-corrected chi connectivity index (χ4v) is 2.04. The van der Waals surface area contributed by atoms with E-state index in [4.69, 9.17) is 6.42 Å². The number of aromatic nitrogens is 2. The van der Waals surface area contributed by atoms with E-state index < -0.39 is 0 Å². The van der Waals surface area contributed by atoms with Gasteiger partial charge in [-0.2, -0.15) is 5.10 Å². The molecule has 0 saturated carbocycles. The molecule has 0 amide bonds. The summed E-state index contributed by atoms with van der Waals surface area (Å²) in [6.07, 6.45) is 10.00. The van der Waals surface area contributed by atoms with E-state index in [-0.39, 0.29) is 6.04 Å². The van der Waals surface area contributed by atoms with Crippen molar-refractivity contribution in [1.82, 2.24) is 15.1 Å². The summed E-state index contributed by atoms with van der Waals surface area (Å²) in [5.74, 6) is 2.67. The predicted octanol–water partition coefficient (Wildman–Crippen LogP) is 2.93. The zero-order valence-corrected chi connectivity index (χ0v) is 11.4. The topological polar surface area (TPSA) is 29.9 Å². The Kier molecular flexibility index (Phi) is 4.38. The van der Waals surface area contributed by atoms with Gasteiger partial charge >= 0.3 is 0 Å². The maximum absolute atomic E-state index is 5.32. The number of hydrogen-bond donors (Lipinski definition) is 1. The normalized spacial score (nSPS) is 13.7. The molecule has 0 spiro atoms. The third-order valence-corrected chi connectivity index (χ3v) is 3.08. The van der Waals surface area contributed by atoms with E-state index >= 15 is 0 Å². The molecular formula is C16H19N3. The van der Waals surface area contributed by atoms with E-state index in [1.807, 2.05) is 41.2 Å². The van der Waals surface area contributed by atoms with Crippen LogP contribution in [0, 0.1) is 12.3 Å². The average molecular weight is 253 g/mol. The number of hydrogen-bond acceptors (Lipinski definition) is 2. The summed E-state index contributed by atoms with van der Waals surface area (Å²) in [7, 11) is 0. The molecule has 98 valence electrons. The molecule has 1 aromatic carbocycles. The van der Waals surface area contributed by atoms with Crippen LogP contribution in [-0.2, 0) is 0 Å². The molecule has 2 atom stereocenters. The van der Waals surface area contributed by atoms with Gasteiger partial charge in [0.15, 0.2) is 0 Å². The van der Waals surface area contributed by atoms with E-state index in [1.165, 1.54) is 0 Å². The van der Waals surface area contributed by atoms with Gasteiger partial charge in [-0.3, -0.25) is 0 Å². The molecule has 0 radical (unpaired) electrons. The van der Waals surface area contributed by atoms with Crippen LogP contribution in [0.5, 0.6) is 0 Å². The Morgan fingerprint density at radius 3 is 2.74 bits per heavy atom. The van der Waals surface area contributed by atoms with Gasteiger partial charge in [-0.25, -0.2) is 4.68 Å². The maximum atomic E-state index is 5.32. The van der Waals surface area contributed by atoms with E-state index in [2.05, 4.69) is 36.4 Å². The van der Waals surface area contributed by atoms with Crippen molar-refractivity contribution in [3.8, 4) is 18.0 Å². The monoisotopic (exact) mass is 253 g/mol. The van der Waals surface area contributed by atoms with Crippen LogP contribution in [-0.4, -0.2) is 15.8 Å². The summed E-state index contributed by atoms with van der Waals surface area (Å²) in [4.78, 5) is 0. The van der Waals surface area contributed by atoms with Gasteiger partial charge in [-0.1, -0.05) is 18.2 Å². The summed E-state index contributed by atoms with van der Waals surface area (Å²) < 4.78 is 1.89. The summed E-state index contributed by atoms with van der Waals surface area (Å²) in [6, 6.07) is 10.6. The lowest BCUT2D eigenvalue weighted by Crippen LogP contribution is -2.28. The van der Waals surface area contributed by atoms with Crippen LogP contribution in [0.25, 0.3) is 5.69 Å². The molecule has 0 bridgehead atoms. The van der Waals surface area contributed by atoms with E-state index in [0.717, 1.165) is 17.7 Å². The molecule has 0 aliphatic carbocycles. The molecule has 19 heavy (non-hydrogen) atoms. The summed E-state index contributed by atoms with van der Waals surface area (Å²) in [6.45, 7) is 4.22. The highest BCUT2D eigenvalue weighted by Gasteiger charge is 2.11. The lowest BCUT2D eigenvalue weighted by atomic mass is 10.1. The Morgan fingerprint density at radius 1 is 1.32 bits per heavy atom. The molecule has 0 saturated heterocycles. The fraction of sp³-hybridized carbons (Fsp3) is 0.312. The Morgan fingerprint density at radius 2 is 2.05 bits per heavy atom. The first-order chi connectivity index (χ1) is 9.20. The molecule has 2 rings (SSSR count). The maximum Gasteiger partial charge on any atom is 0.0645 e. The first kappa shape index (κ1) is 13.4. The minimum absolute atomic E-state index is 0.237. The van der Waals surface area contributed by atoms with Crippen molar-refractivity contribution in [1.29, 1.82) is 0 Å². The second kappa shape index (κ2) is 6.21. The number of para-hydroxylation sites is 1. The summed E-state index contributed by atoms with van der Waals surface area (Å²) in [5.41, 5.74) is 2.23. The van der Waals surface area contributed by atoms with Gasteiger partial charge < -0.3 is 5.32 Å². The Bertz CT molecular complexity index is 551. The van der Waals surface area contributed by atoms with Gasteiger partial charge in [0, 0.05) is 30.3 Å². The van der Waals surface area contributed by atoms with Crippen LogP contribution in [0.15, 0.2) is 42.7 Å². The van der Waals surface area contributed by atoms with Gasteiger partial charge in [-0.05, 0) is 26.0 Å². The van der Waals surface area contributed by atoms with Crippen molar-refractivity contribution in [2.24, 2.45) is 0 Å². The molecule has 0 aliphatic rings. The number of benzene rings is 1. The largest absolute Gasteiger partial charge is 0.307 e. The minimum atomic E-state index is 0.237. The van der Waals surface area contributed by atoms with Crippen LogP contribution >= 0.6 is 0 Å². The molecule has 1 aromatic heterocycles. The summed E-state index contributed by atoms with van der Waals surface area (Å²) >= 11 is 0. The Labute approximate surface area is 114 Å². The van der Waals surface area contributed by atoms with Gasteiger partial charge in [0.1, 0.15) is 0 Å². The zero-order chi connectivity index (χ0) is 13.7. The van der Waals surface area contributed by atoms with E-state index in [0.29, 0.717) is 6.04 Å². The van der Waals surface area contributed by atoms with Crippen molar-refractivity contribution in [3.05, 3.63) is 48.3 Å². The second-order valence-electron chi connectivity index (χ2n) is 4.75. The lowest BCUT2D eigenvalue weighted by molar-refractivity contribution is 0.486. The third-order valence-electron chi connectivity index (χ3n) is 3.08. The molecule has 3 heteroatoms. The number of nitrogens with one attached hydrogen (secondary N) is 1. The van der Waals surface area contributed by atoms with Crippen molar-refractivity contribution in [2.75, 3.05) is 0 Å². The standard InChI is InChI=1S/C16H19N3/c1-4-8-13(2)18-14(3)15-11-17-19(12-15)16-9-6-5-7-10-16/h1,5-7,9-14,18H,8H2,2-3H3. The summed E-state index contributed by atoms with van der Waals surface area (Å²) in [5, 5.41) is 7.86. The van der Waals surface area contributed by atoms with Crippen molar-refractivity contribution >= 4 is 0 Å². The molecule has 0 fully saturated rings. The van der Waals surface area contributed by atoms with Crippen LogP contribution in [0.4, 0.5) is 0 Å². The lowest BCUT2D eigenvalue weighted by Gasteiger charge is -2.16. The highest BCUT2D eigenvalue weighted by atomic mass is 15.3. The molecule has 2 unspecified atom stereocenters. The van der Waals surface area contributed by atoms with Crippen molar-refractivity contribution < 1.29 is 0 Å². The first-order valence-corrected chi connectivity index (χ1v) is 6.50. The highest BCUT2D eigenvalue weighted by Crippen LogP contribution is 2.15. The van der Waals surface area contributed by atoms with Crippen LogP contribution < -0.4 is 5.32 Å². The van der Waals surface area contributed by atoms with E-state index in [9.17, 15) is 0 Å². The molecule has 2 aromatic rings. The Hall–Kier alpha value is -2.05. The quantitative estimate of drug-likeness (QED) is 0.830. The number of terminal acetylenes is 1. The van der Waals surface area contributed by atoms with Gasteiger partial charge in [0.05, 0.1) is 11.9 Å². The second-order valence-corrected chi connectivity index (χ2v) is 4.75. The third kappa shape index (κ3) is 3.46. The van der Waals surface area contributed by atoms with Crippen LogP contribution in [0.2, 0.25) is 0 Å². The van der Waals surface area contributed by atoms with Gasteiger partial charge in [0.25, 0.3) is 0 Å². The molecule has 0 aliphatic heterocycles. The minimum Gasteiger partial charge on any atom is -0.307 e. The molecular weight excluding hydrogens is 234 g/mol. The zero-order valence-electron chi connectivity index (χ0n) is 11.4. The smallest absolute Gasteiger partial charge is 0.0645 e. The van der Waals surface area contributed by atoms with Crippen LogP contribution in [0.1, 0.15) is 31.9 Å². The highest BCUT2D eigenvalue weighted by molar-refractivity contribution is 5.31. The van der Waals surface area contributed by atoms with Crippen molar-refractivity contribution in [2.45, 2.75) is 32.4 Å². The van der Waals surface area contributed by atoms with Gasteiger partial charge in [0.2, 0.25) is 0 Å². The van der Waals surface area contributed by atoms with Crippen molar-refractivity contribution in [3.63, 3.8) is 0 Å². The molecule has 3 nitrogen and oxygen atoms in total. The average Bonchev–Trinajstić information content (AvgIpc) is 2.89. The van der Waals surface area contributed by atoms with E-state index in [1.54, 1.807) is 0 Å². The Balaban J connectivity index is 2.07. The first-order valence-electron chi connectivity index (χ1n) is 6.50. The fourth-order valence-electron chi connectivity index (χ4n) is 2.04. The molecule has 1 N–H and O–H groups in total. The van der Waals surface area contributed by atoms with Gasteiger partial charge in [-0.15, -0.1) is 12.3 Å². The van der Waals surface area contributed by atoms with Crippen LogP contribution in [0.3, 0.4) is 0 Å². The predicted molar refractivity (Wildman–Crippen MR) is 78.0 cm³/mol.